The van der Waals surface area contributed by atoms with Crippen LogP contribution in [0.15, 0.2) is 30.3 Å². The maximum Gasteiger partial charge on any atom is 0.312 e. The summed E-state index contributed by atoms with van der Waals surface area (Å²) in [6.45, 7) is 2.83. The van der Waals surface area contributed by atoms with Gasteiger partial charge in [-0.2, -0.15) is 0 Å². The van der Waals surface area contributed by atoms with Crippen LogP contribution in [0.25, 0.3) is 0 Å². The van der Waals surface area contributed by atoms with E-state index in [-0.39, 0.29) is 25.1 Å². The van der Waals surface area contributed by atoms with E-state index in [4.69, 9.17) is 4.74 Å². The predicted octanol–water partition coefficient (Wildman–Crippen LogP) is 1.70. The number of carboxylic acid groups (broad SMARTS) is 1. The highest BCUT2D eigenvalue weighted by molar-refractivity contribution is 5.91. The van der Waals surface area contributed by atoms with Crippen LogP contribution in [-0.4, -0.2) is 41.6 Å². The lowest BCUT2D eigenvalue weighted by Gasteiger charge is -2.33. The van der Waals surface area contributed by atoms with E-state index in [1.165, 1.54) is 0 Å². The van der Waals surface area contributed by atoms with Gasteiger partial charge in [0.1, 0.15) is 5.41 Å². The summed E-state index contributed by atoms with van der Waals surface area (Å²) in [7, 11) is 0. The molecule has 2 aliphatic heterocycles. The smallest absolute Gasteiger partial charge is 0.312 e. The number of ether oxygens (including phenoxy) is 1. The van der Waals surface area contributed by atoms with Gasteiger partial charge in [0.2, 0.25) is 5.91 Å². The summed E-state index contributed by atoms with van der Waals surface area (Å²) in [5.41, 5.74) is 0.0317. The highest BCUT2D eigenvalue weighted by Crippen LogP contribution is 2.45. The van der Waals surface area contributed by atoms with Gasteiger partial charge in [-0.25, -0.2) is 0 Å². The van der Waals surface area contributed by atoms with Gasteiger partial charge in [0.05, 0.1) is 18.6 Å². The fraction of sp³-hybridized carbons (Fsp3) is 0.500. The second-order valence-electron chi connectivity index (χ2n) is 5.89. The Morgan fingerprint density at radius 1 is 1.43 bits per heavy atom. The lowest BCUT2D eigenvalue weighted by Crippen LogP contribution is -2.45. The average Bonchev–Trinajstić information content (AvgIpc) is 2.82. The number of carbonyl (C=O) groups is 2. The average molecular weight is 289 g/mol. The summed E-state index contributed by atoms with van der Waals surface area (Å²) in [6, 6.07) is 9.58. The van der Waals surface area contributed by atoms with E-state index in [2.05, 4.69) is 0 Å². The molecule has 2 saturated heterocycles. The topological polar surface area (TPSA) is 66.8 Å². The van der Waals surface area contributed by atoms with E-state index in [0.29, 0.717) is 13.0 Å². The van der Waals surface area contributed by atoms with E-state index in [9.17, 15) is 14.7 Å². The molecule has 0 aliphatic carbocycles. The van der Waals surface area contributed by atoms with Crippen molar-refractivity contribution in [2.24, 2.45) is 11.3 Å². The van der Waals surface area contributed by atoms with E-state index in [1.54, 1.807) is 4.90 Å². The van der Waals surface area contributed by atoms with Crippen LogP contribution in [-0.2, 0) is 14.3 Å². The summed E-state index contributed by atoms with van der Waals surface area (Å²) < 4.78 is 5.35. The molecule has 5 heteroatoms. The van der Waals surface area contributed by atoms with E-state index in [1.807, 2.05) is 37.3 Å². The normalized spacial score (nSPS) is 30.0. The number of rotatable bonds is 3. The number of nitrogens with zero attached hydrogens (tertiary/aromatic N) is 1. The Morgan fingerprint density at radius 3 is 2.76 bits per heavy atom. The third kappa shape index (κ3) is 2.12. The highest BCUT2D eigenvalue weighted by atomic mass is 16.5. The van der Waals surface area contributed by atoms with Crippen LogP contribution >= 0.6 is 0 Å². The van der Waals surface area contributed by atoms with Gasteiger partial charge in [-0.3, -0.25) is 9.59 Å². The molecular weight excluding hydrogens is 270 g/mol. The first kappa shape index (κ1) is 14.1. The van der Waals surface area contributed by atoms with Crippen LogP contribution in [0, 0.1) is 11.3 Å². The third-order valence-electron chi connectivity index (χ3n) is 4.85. The first-order chi connectivity index (χ1) is 10.1. The molecule has 0 spiro atoms. The molecule has 3 atom stereocenters. The Hall–Kier alpha value is -1.88. The zero-order valence-corrected chi connectivity index (χ0v) is 12.0. The van der Waals surface area contributed by atoms with Crippen LogP contribution in [0.4, 0.5) is 0 Å². The first-order valence-corrected chi connectivity index (χ1v) is 7.23. The van der Waals surface area contributed by atoms with E-state index >= 15 is 0 Å². The molecule has 21 heavy (non-hydrogen) atoms. The molecule has 112 valence electrons. The highest BCUT2D eigenvalue weighted by Gasteiger charge is 2.59. The molecule has 0 saturated carbocycles. The lowest BCUT2D eigenvalue weighted by molar-refractivity contribution is -0.160. The molecule has 2 aliphatic rings. The Bertz CT molecular complexity index is 559. The number of likely N-dealkylation sites (tertiary alicyclic amines) is 1. The van der Waals surface area contributed by atoms with Gasteiger partial charge in [-0.1, -0.05) is 30.3 Å². The fourth-order valence-corrected chi connectivity index (χ4v) is 3.43. The summed E-state index contributed by atoms with van der Waals surface area (Å²) in [4.78, 5) is 26.1. The molecule has 1 aromatic rings. The minimum atomic E-state index is -0.988. The van der Waals surface area contributed by atoms with Crippen LogP contribution < -0.4 is 0 Å². The molecule has 1 N–H and O–H groups in total. The standard InChI is InChI=1S/C16H19NO4/c1-11(12-5-3-2-4-6-12)17-10-16(15(19)20)7-8-21-9-13(16)14(17)18/h2-6,11,13H,7-10H2,1H3,(H,19,20)/t11-,13+,16-/m1/s1. The first-order valence-electron chi connectivity index (χ1n) is 7.23. The molecule has 2 fully saturated rings. The molecule has 0 radical (unpaired) electrons. The van der Waals surface area contributed by atoms with Crippen molar-refractivity contribution in [3.8, 4) is 0 Å². The summed E-state index contributed by atoms with van der Waals surface area (Å²) in [5.74, 6) is -1.55. The number of carbonyl (C=O) groups excluding carboxylic acids is 1. The fourth-order valence-electron chi connectivity index (χ4n) is 3.43. The SMILES string of the molecule is C[C@H](c1ccccc1)N1C[C@]2(C(=O)O)CCOC[C@H]2C1=O. The van der Waals surface area contributed by atoms with Crippen molar-refractivity contribution in [3.63, 3.8) is 0 Å². The maximum atomic E-state index is 12.6. The Morgan fingerprint density at radius 2 is 2.14 bits per heavy atom. The molecular formula is C16H19NO4. The largest absolute Gasteiger partial charge is 0.481 e. The summed E-state index contributed by atoms with van der Waals surface area (Å²) >= 11 is 0. The van der Waals surface area contributed by atoms with Gasteiger partial charge >= 0.3 is 5.97 Å². The van der Waals surface area contributed by atoms with Crippen LogP contribution in [0.2, 0.25) is 0 Å². The quantitative estimate of drug-likeness (QED) is 0.919. The second-order valence-corrected chi connectivity index (χ2v) is 5.89. The summed E-state index contributed by atoms with van der Waals surface area (Å²) in [5, 5.41) is 9.65. The molecule has 0 bridgehead atoms. The monoisotopic (exact) mass is 289 g/mol. The van der Waals surface area contributed by atoms with Crippen molar-refractivity contribution in [2.45, 2.75) is 19.4 Å². The number of fused-ring (bicyclic) bond motifs is 1. The Balaban J connectivity index is 1.92. The predicted molar refractivity (Wildman–Crippen MR) is 75.6 cm³/mol. The van der Waals surface area contributed by atoms with Crippen LogP contribution in [0.3, 0.4) is 0 Å². The molecule has 2 heterocycles. The van der Waals surface area contributed by atoms with Gasteiger partial charge < -0.3 is 14.7 Å². The van der Waals surface area contributed by atoms with Crippen molar-refractivity contribution in [1.29, 1.82) is 0 Å². The molecule has 1 aromatic carbocycles. The zero-order chi connectivity index (χ0) is 15.0. The van der Waals surface area contributed by atoms with Gasteiger partial charge in [0.25, 0.3) is 0 Å². The molecule has 1 amide bonds. The summed E-state index contributed by atoms with van der Waals surface area (Å²) in [6.07, 6.45) is 0.400. The minimum Gasteiger partial charge on any atom is -0.481 e. The van der Waals surface area contributed by atoms with Gasteiger partial charge in [-0.15, -0.1) is 0 Å². The van der Waals surface area contributed by atoms with Gasteiger partial charge in [0, 0.05) is 13.2 Å². The maximum absolute atomic E-state index is 12.6. The number of amides is 1. The Kier molecular flexibility index (Phi) is 3.45. The lowest BCUT2D eigenvalue weighted by atomic mass is 9.74. The minimum absolute atomic E-state index is 0.103. The van der Waals surface area contributed by atoms with Crippen molar-refractivity contribution >= 4 is 11.9 Å². The number of hydrogen-bond donors (Lipinski definition) is 1. The number of benzene rings is 1. The second kappa shape index (κ2) is 5.15. The van der Waals surface area contributed by atoms with Crippen molar-refractivity contribution in [1.82, 2.24) is 4.90 Å². The molecule has 3 rings (SSSR count). The number of hydrogen-bond acceptors (Lipinski definition) is 3. The van der Waals surface area contributed by atoms with Crippen LogP contribution in [0.1, 0.15) is 24.9 Å². The van der Waals surface area contributed by atoms with Crippen molar-refractivity contribution in [3.05, 3.63) is 35.9 Å². The van der Waals surface area contributed by atoms with E-state index in [0.717, 1.165) is 5.56 Å². The van der Waals surface area contributed by atoms with Crippen molar-refractivity contribution < 1.29 is 19.4 Å². The van der Waals surface area contributed by atoms with E-state index < -0.39 is 17.3 Å². The molecule has 0 unspecified atom stereocenters. The van der Waals surface area contributed by atoms with Gasteiger partial charge in [-0.05, 0) is 18.9 Å². The van der Waals surface area contributed by atoms with Crippen LogP contribution in [0.5, 0.6) is 0 Å². The zero-order valence-electron chi connectivity index (χ0n) is 12.0. The third-order valence-corrected chi connectivity index (χ3v) is 4.85. The van der Waals surface area contributed by atoms with Crippen molar-refractivity contribution in [2.75, 3.05) is 19.8 Å². The molecule has 0 aromatic heterocycles. The number of carboxylic acids is 1. The Labute approximate surface area is 123 Å². The molecule has 5 nitrogen and oxygen atoms in total. The number of aliphatic carboxylic acids is 1. The van der Waals surface area contributed by atoms with Gasteiger partial charge in [0.15, 0.2) is 0 Å².